The lowest BCUT2D eigenvalue weighted by Crippen LogP contribution is -2.55. The van der Waals surface area contributed by atoms with Crippen LogP contribution >= 0.6 is 0 Å². The smallest absolute Gasteiger partial charge is 0.334 e. The molecule has 246 valence electrons. The molecule has 0 bridgehead atoms. The summed E-state index contributed by atoms with van der Waals surface area (Å²) in [5, 5.41) is 0. The third-order valence-electron chi connectivity index (χ3n) is 9.63. The van der Waals surface area contributed by atoms with E-state index in [0.29, 0.717) is 12.3 Å². The van der Waals surface area contributed by atoms with Crippen LogP contribution in [0.2, 0.25) is 26.2 Å². The minimum absolute atomic E-state index is 0.0216. The van der Waals surface area contributed by atoms with Crippen LogP contribution < -0.4 is 0 Å². The van der Waals surface area contributed by atoms with Crippen LogP contribution in [0.15, 0.2) is 23.8 Å². The molecule has 43 heavy (non-hydrogen) atoms. The fourth-order valence-electron chi connectivity index (χ4n) is 7.35. The molecule has 1 saturated heterocycles. The Labute approximate surface area is 266 Å². The third-order valence-corrected chi connectivity index (χ3v) is 11.5. The number of allylic oxidation sites excluding steroid dienone is 3. The molecule has 6 nitrogen and oxygen atoms in total. The zero-order chi connectivity index (χ0) is 32.7. The first-order valence-corrected chi connectivity index (χ1v) is 22.2. The van der Waals surface area contributed by atoms with Gasteiger partial charge in [0.15, 0.2) is 18.1 Å². The highest BCUT2D eigenvalue weighted by atomic mass is 28.3. The Kier molecular flexibility index (Phi) is 11.2. The minimum Gasteiger partial charge on any atom is -0.461 e. The van der Waals surface area contributed by atoms with Gasteiger partial charge in [-0.2, -0.15) is 0 Å². The Morgan fingerprint density at radius 3 is 2.05 bits per heavy atom. The van der Waals surface area contributed by atoms with Crippen LogP contribution in [0.4, 0.5) is 0 Å². The van der Waals surface area contributed by atoms with E-state index in [-0.39, 0.29) is 52.7 Å². The van der Waals surface area contributed by atoms with Gasteiger partial charge in [0.25, 0.3) is 0 Å². The molecule has 0 aromatic carbocycles. The average molecular weight is 635 g/mol. The first-order valence-electron chi connectivity index (χ1n) is 16.7. The molecule has 1 unspecified atom stereocenters. The molecule has 0 radical (unpaired) electrons. The number of cyclic esters (lactones) is 1. The summed E-state index contributed by atoms with van der Waals surface area (Å²) in [6.07, 6.45) is 8.93. The van der Waals surface area contributed by atoms with Gasteiger partial charge in [-0.3, -0.25) is 4.79 Å². The van der Waals surface area contributed by atoms with Crippen LogP contribution in [-0.4, -0.2) is 53.9 Å². The van der Waals surface area contributed by atoms with Gasteiger partial charge in [0, 0.05) is 24.2 Å². The van der Waals surface area contributed by atoms with Crippen molar-refractivity contribution in [1.82, 2.24) is 0 Å². The Morgan fingerprint density at radius 2 is 1.53 bits per heavy atom. The summed E-state index contributed by atoms with van der Waals surface area (Å²) in [4.78, 5) is 26.8. The van der Waals surface area contributed by atoms with Crippen molar-refractivity contribution in [2.24, 2.45) is 39.9 Å². The van der Waals surface area contributed by atoms with Gasteiger partial charge >= 0.3 is 11.9 Å². The SMILES string of the molecule is C[SiH](C)OC1C(=O)O[C@@H](C[C@](C)(O[SiH](C)C)[C@H]2CC=CC3=C[C@@H](C(C)(C)C)C[C@H](OC(=O)C(C)(C)C)[C@@H]32)C[C@@H]1C(C)(C)C. The Bertz CT molecular complexity index is 1060. The highest BCUT2D eigenvalue weighted by Gasteiger charge is 2.53. The van der Waals surface area contributed by atoms with E-state index in [0.717, 1.165) is 19.3 Å². The second-order valence-corrected chi connectivity index (χ2v) is 22.1. The summed E-state index contributed by atoms with van der Waals surface area (Å²) in [7, 11) is -2.95. The van der Waals surface area contributed by atoms with Crippen molar-refractivity contribution in [3.05, 3.63) is 23.8 Å². The van der Waals surface area contributed by atoms with Gasteiger partial charge in [-0.05, 0) is 95.5 Å². The summed E-state index contributed by atoms with van der Waals surface area (Å²) < 4.78 is 25.9. The van der Waals surface area contributed by atoms with E-state index in [1.165, 1.54) is 5.57 Å². The molecule has 8 heteroatoms. The predicted molar refractivity (Wildman–Crippen MR) is 180 cm³/mol. The zero-order valence-corrected chi connectivity index (χ0v) is 32.0. The van der Waals surface area contributed by atoms with E-state index in [2.05, 4.69) is 92.9 Å². The number of hydrogen-bond donors (Lipinski definition) is 0. The lowest BCUT2D eigenvalue weighted by Gasteiger charge is -2.52. The summed E-state index contributed by atoms with van der Waals surface area (Å²) in [5.74, 6) is 0.0795. The van der Waals surface area contributed by atoms with Crippen molar-refractivity contribution in [1.29, 1.82) is 0 Å². The number of fused-ring (bicyclic) bond motifs is 1. The topological polar surface area (TPSA) is 71.1 Å². The summed E-state index contributed by atoms with van der Waals surface area (Å²) in [6.45, 7) is 30.0. The van der Waals surface area contributed by atoms with Crippen molar-refractivity contribution in [2.45, 2.75) is 145 Å². The highest BCUT2D eigenvalue weighted by molar-refractivity contribution is 6.48. The predicted octanol–water partition coefficient (Wildman–Crippen LogP) is 7.62. The van der Waals surface area contributed by atoms with Crippen LogP contribution in [0.1, 0.15) is 94.9 Å². The monoisotopic (exact) mass is 634 g/mol. The van der Waals surface area contributed by atoms with Crippen molar-refractivity contribution in [2.75, 3.05) is 0 Å². The molecule has 0 saturated carbocycles. The largest absolute Gasteiger partial charge is 0.461 e. The summed E-state index contributed by atoms with van der Waals surface area (Å²) in [6, 6.07) is 0. The Hall–Kier alpha value is -1.23. The fraction of sp³-hybridized carbons (Fsp3) is 0.829. The lowest BCUT2D eigenvalue weighted by molar-refractivity contribution is -0.183. The molecule has 0 N–H and O–H groups in total. The van der Waals surface area contributed by atoms with Crippen molar-refractivity contribution >= 4 is 30.0 Å². The van der Waals surface area contributed by atoms with Crippen LogP contribution in [-0.2, 0) is 27.9 Å². The van der Waals surface area contributed by atoms with Crippen LogP contribution in [0, 0.1) is 39.9 Å². The lowest BCUT2D eigenvalue weighted by atomic mass is 9.61. The number of carbonyl (C=O) groups is 2. The molecule has 1 heterocycles. The highest BCUT2D eigenvalue weighted by Crippen LogP contribution is 2.51. The Balaban J connectivity index is 2.02. The average Bonchev–Trinajstić information content (AvgIpc) is 2.82. The number of hydrogen-bond acceptors (Lipinski definition) is 6. The van der Waals surface area contributed by atoms with Crippen LogP contribution in [0.5, 0.6) is 0 Å². The van der Waals surface area contributed by atoms with E-state index >= 15 is 0 Å². The number of carbonyl (C=O) groups excluding carboxylic acids is 2. The van der Waals surface area contributed by atoms with Gasteiger partial charge in [0.2, 0.25) is 0 Å². The standard InChI is InChI=1S/C35H62O6Si2/c1-32(2,3)23-18-22-16-15-17-25(28(22)27(19-23)39-31(37)34(7,8)9)35(10,41-43(13)14)21-24-20-26(33(4,5)6)29(30(36)38-24)40-42(11)12/h15-16,18,23-29,42-43H,17,19-21H2,1-14H3/t23-,24-,25+,26+,27+,28+,29?,35+/m1/s1. The molecular formula is C35H62O6Si2. The molecule has 3 rings (SSSR count). The van der Waals surface area contributed by atoms with E-state index < -0.39 is 35.2 Å². The molecule has 3 aliphatic rings. The summed E-state index contributed by atoms with van der Waals surface area (Å²) in [5.41, 5.74) is 0.0586. The van der Waals surface area contributed by atoms with Gasteiger partial charge < -0.3 is 18.3 Å². The molecule has 0 aromatic heterocycles. The van der Waals surface area contributed by atoms with Gasteiger partial charge in [0.05, 0.1) is 11.0 Å². The molecule has 1 fully saturated rings. The maximum Gasteiger partial charge on any atom is 0.334 e. The first-order chi connectivity index (χ1) is 19.5. The van der Waals surface area contributed by atoms with E-state index in [9.17, 15) is 9.59 Å². The molecule has 1 aliphatic heterocycles. The molecule has 8 atom stereocenters. The second kappa shape index (κ2) is 13.2. The zero-order valence-electron chi connectivity index (χ0n) is 29.7. The number of rotatable bonds is 8. The van der Waals surface area contributed by atoms with Gasteiger partial charge in [-0.1, -0.05) is 59.8 Å². The second-order valence-electron chi connectivity index (χ2n) is 17.4. The maximum atomic E-state index is 13.5. The van der Waals surface area contributed by atoms with Crippen LogP contribution in [0.3, 0.4) is 0 Å². The molecule has 0 amide bonds. The van der Waals surface area contributed by atoms with E-state index in [4.69, 9.17) is 18.3 Å². The number of esters is 2. The molecule has 2 aliphatic carbocycles. The van der Waals surface area contributed by atoms with Gasteiger partial charge in [-0.25, -0.2) is 4.79 Å². The van der Waals surface area contributed by atoms with E-state index in [1.807, 2.05) is 20.8 Å². The summed E-state index contributed by atoms with van der Waals surface area (Å²) >= 11 is 0. The Morgan fingerprint density at radius 1 is 0.907 bits per heavy atom. The third kappa shape index (κ3) is 8.95. The molecule has 0 aromatic rings. The molecule has 0 spiro atoms. The van der Waals surface area contributed by atoms with Crippen LogP contribution in [0.25, 0.3) is 0 Å². The van der Waals surface area contributed by atoms with Gasteiger partial charge in [-0.15, -0.1) is 0 Å². The van der Waals surface area contributed by atoms with Crippen molar-refractivity contribution in [3.8, 4) is 0 Å². The molecular weight excluding hydrogens is 573 g/mol. The van der Waals surface area contributed by atoms with Crippen molar-refractivity contribution in [3.63, 3.8) is 0 Å². The number of ether oxygens (including phenoxy) is 2. The van der Waals surface area contributed by atoms with E-state index in [1.54, 1.807) is 0 Å². The first kappa shape index (κ1) is 36.2. The quantitative estimate of drug-likeness (QED) is 0.202. The fourth-order valence-corrected chi connectivity index (χ4v) is 9.59. The minimum atomic E-state index is -1.51. The van der Waals surface area contributed by atoms with Crippen molar-refractivity contribution < 1.29 is 27.9 Å². The maximum absolute atomic E-state index is 13.5. The normalized spacial score (nSPS) is 31.8. The van der Waals surface area contributed by atoms with Gasteiger partial charge in [0.1, 0.15) is 18.3 Å².